The van der Waals surface area contributed by atoms with Crippen LogP contribution in [0.25, 0.3) is 28.4 Å². The predicted molar refractivity (Wildman–Crippen MR) is 126 cm³/mol. The van der Waals surface area contributed by atoms with Gasteiger partial charge in [0, 0.05) is 15.4 Å². The van der Waals surface area contributed by atoms with Gasteiger partial charge in [-0.25, -0.2) is 9.67 Å². The van der Waals surface area contributed by atoms with Crippen molar-refractivity contribution in [2.75, 3.05) is 0 Å². The molecular weight excluding hydrogens is 470 g/mol. The van der Waals surface area contributed by atoms with Crippen LogP contribution in [0.3, 0.4) is 0 Å². The Hall–Kier alpha value is -3.96. The van der Waals surface area contributed by atoms with E-state index in [1.807, 2.05) is 36.4 Å². The monoisotopic (exact) mass is 485 g/mol. The van der Waals surface area contributed by atoms with E-state index in [-0.39, 0.29) is 16.3 Å². The van der Waals surface area contributed by atoms with E-state index in [1.165, 1.54) is 9.08 Å². The summed E-state index contributed by atoms with van der Waals surface area (Å²) in [6.07, 6.45) is 1.56. The van der Waals surface area contributed by atoms with Crippen LogP contribution >= 0.6 is 15.9 Å². The van der Waals surface area contributed by atoms with Crippen molar-refractivity contribution in [1.82, 2.24) is 19.2 Å². The topological polar surface area (TPSA) is 95.9 Å². The molecule has 0 aliphatic rings. The number of nitrogens with zero attached hydrogens (tertiary/aromatic N) is 4. The number of H-pyrrole nitrogens is 1. The van der Waals surface area contributed by atoms with Crippen LogP contribution < -0.4 is 16.3 Å². The maximum absolute atomic E-state index is 13.5. The Kier molecular flexibility index (Phi) is 4.57. The maximum Gasteiger partial charge on any atom is 0.278 e. The molecule has 0 spiro atoms. The molecule has 0 amide bonds. The van der Waals surface area contributed by atoms with E-state index >= 15 is 0 Å². The summed E-state index contributed by atoms with van der Waals surface area (Å²) in [6, 6.07) is 16.8. The van der Waals surface area contributed by atoms with Crippen molar-refractivity contribution < 1.29 is 0 Å². The van der Waals surface area contributed by atoms with Crippen molar-refractivity contribution in [1.29, 1.82) is 5.26 Å². The van der Waals surface area contributed by atoms with E-state index in [2.05, 4.69) is 32.1 Å². The number of hydrogen-bond acceptors (Lipinski definition) is 4. The molecule has 0 aliphatic heterocycles. The zero-order valence-electron chi connectivity index (χ0n) is 17.2. The van der Waals surface area contributed by atoms with Gasteiger partial charge in [-0.2, -0.15) is 5.26 Å². The Balaban J connectivity index is 1.86. The third-order valence-corrected chi connectivity index (χ3v) is 6.07. The summed E-state index contributed by atoms with van der Waals surface area (Å²) in [5, 5.41) is 13.2. The van der Waals surface area contributed by atoms with Crippen molar-refractivity contribution in [2.45, 2.75) is 13.8 Å². The minimum Gasteiger partial charge on any atom is -0.295 e. The Morgan fingerprint density at radius 3 is 2.62 bits per heavy atom. The SMILES string of the molecule is Cc1[nH]n(-c2cccc(Br)c2)c(=O)c1/C=c1/c(C)c(C#N)c2nc3ccccc3n2c1=O. The summed E-state index contributed by atoms with van der Waals surface area (Å²) in [5.74, 6) is 0. The molecule has 8 heteroatoms. The smallest absolute Gasteiger partial charge is 0.278 e. The number of pyridine rings is 1. The fourth-order valence-electron chi connectivity index (χ4n) is 3.96. The van der Waals surface area contributed by atoms with Crippen LogP contribution in [-0.4, -0.2) is 19.2 Å². The van der Waals surface area contributed by atoms with Gasteiger partial charge in [0.25, 0.3) is 11.1 Å². The summed E-state index contributed by atoms with van der Waals surface area (Å²) in [7, 11) is 0. The van der Waals surface area contributed by atoms with Crippen LogP contribution in [-0.2, 0) is 0 Å². The van der Waals surface area contributed by atoms with Crippen molar-refractivity contribution in [3.8, 4) is 11.8 Å². The van der Waals surface area contributed by atoms with Gasteiger partial charge < -0.3 is 0 Å². The van der Waals surface area contributed by atoms with Crippen molar-refractivity contribution in [3.63, 3.8) is 0 Å². The molecule has 5 rings (SSSR count). The van der Waals surface area contributed by atoms with Crippen LogP contribution in [0.2, 0.25) is 0 Å². The highest BCUT2D eigenvalue weighted by molar-refractivity contribution is 9.10. The molecule has 5 aromatic rings. The first-order valence-electron chi connectivity index (χ1n) is 9.84. The molecule has 0 saturated carbocycles. The normalized spacial score (nSPS) is 12.0. The summed E-state index contributed by atoms with van der Waals surface area (Å²) >= 11 is 3.42. The van der Waals surface area contributed by atoms with Gasteiger partial charge in [-0.05, 0) is 55.8 Å². The average molecular weight is 486 g/mol. The predicted octanol–water partition coefficient (Wildman–Crippen LogP) is 3.13. The number of halogens is 1. The molecule has 0 atom stereocenters. The summed E-state index contributed by atoms with van der Waals surface area (Å²) in [5.41, 5.74) is 3.42. The number of nitriles is 1. The van der Waals surface area contributed by atoms with E-state index < -0.39 is 0 Å². The van der Waals surface area contributed by atoms with Gasteiger partial charge in [0.2, 0.25) is 0 Å². The van der Waals surface area contributed by atoms with Gasteiger partial charge in [-0.1, -0.05) is 34.1 Å². The average Bonchev–Trinajstić information content (AvgIpc) is 3.29. The summed E-state index contributed by atoms with van der Waals surface area (Å²) in [4.78, 5) is 31.2. The third-order valence-electron chi connectivity index (χ3n) is 5.58. The lowest BCUT2D eigenvalue weighted by Gasteiger charge is -2.02. The summed E-state index contributed by atoms with van der Waals surface area (Å²) in [6.45, 7) is 3.48. The van der Waals surface area contributed by atoms with E-state index in [1.54, 1.807) is 32.1 Å². The zero-order valence-corrected chi connectivity index (χ0v) is 18.8. The Morgan fingerprint density at radius 2 is 1.88 bits per heavy atom. The standard InChI is InChI=1S/C24H16BrN5O2/c1-13-17(11-18-14(2)28-30(24(18)32)16-7-5-6-15(25)10-16)23(31)29-21-9-4-3-8-20(21)27-22(29)19(13)12-26/h3-11,28H,1-2H3/b17-11-. The van der Waals surface area contributed by atoms with E-state index in [9.17, 15) is 14.9 Å². The third kappa shape index (κ3) is 2.90. The quantitative estimate of drug-likeness (QED) is 0.415. The number of imidazole rings is 1. The lowest BCUT2D eigenvalue weighted by molar-refractivity contribution is 0.834. The van der Waals surface area contributed by atoms with E-state index in [0.29, 0.717) is 44.8 Å². The largest absolute Gasteiger partial charge is 0.295 e. The van der Waals surface area contributed by atoms with Gasteiger partial charge in [-0.3, -0.25) is 19.1 Å². The second-order valence-corrected chi connectivity index (χ2v) is 8.42. The second-order valence-electron chi connectivity index (χ2n) is 7.51. The van der Waals surface area contributed by atoms with Gasteiger partial charge in [0.1, 0.15) is 6.07 Å². The second kappa shape index (κ2) is 7.32. The molecule has 0 saturated heterocycles. The first kappa shape index (κ1) is 20.0. The molecule has 3 aromatic heterocycles. The molecule has 1 N–H and O–H groups in total. The number of aryl methyl sites for hydroxylation is 1. The molecule has 2 aromatic carbocycles. The van der Waals surface area contributed by atoms with Crippen LogP contribution in [0.1, 0.15) is 22.4 Å². The molecule has 0 radical (unpaired) electrons. The lowest BCUT2D eigenvalue weighted by Crippen LogP contribution is -2.34. The number of aromatic nitrogens is 4. The molecule has 0 bridgehead atoms. The van der Waals surface area contributed by atoms with Crippen molar-refractivity contribution in [3.05, 3.63) is 101 Å². The Bertz CT molecular complexity index is 1770. The Morgan fingerprint density at radius 1 is 1.09 bits per heavy atom. The highest BCUT2D eigenvalue weighted by Crippen LogP contribution is 2.18. The van der Waals surface area contributed by atoms with Gasteiger partial charge in [-0.15, -0.1) is 0 Å². The number of aromatic amines is 1. The molecule has 32 heavy (non-hydrogen) atoms. The fraction of sp³-hybridized carbons (Fsp3) is 0.0833. The minimum absolute atomic E-state index is 0.284. The highest BCUT2D eigenvalue weighted by atomic mass is 79.9. The van der Waals surface area contributed by atoms with Gasteiger partial charge in [0.15, 0.2) is 5.65 Å². The number of nitrogens with one attached hydrogen (secondary N) is 1. The molecule has 0 aliphatic carbocycles. The van der Waals surface area contributed by atoms with Gasteiger partial charge >= 0.3 is 0 Å². The number of rotatable bonds is 2. The summed E-state index contributed by atoms with van der Waals surface area (Å²) < 4.78 is 3.72. The first-order chi connectivity index (χ1) is 15.4. The van der Waals surface area contributed by atoms with Gasteiger partial charge in [0.05, 0.1) is 27.8 Å². The van der Waals surface area contributed by atoms with Crippen LogP contribution in [0.4, 0.5) is 0 Å². The molecule has 3 heterocycles. The zero-order chi connectivity index (χ0) is 22.6. The highest BCUT2D eigenvalue weighted by Gasteiger charge is 2.17. The van der Waals surface area contributed by atoms with Crippen LogP contribution in [0.5, 0.6) is 0 Å². The number of para-hydroxylation sites is 2. The fourth-order valence-corrected chi connectivity index (χ4v) is 4.34. The first-order valence-corrected chi connectivity index (χ1v) is 10.6. The number of hydrogen-bond donors (Lipinski definition) is 1. The maximum atomic E-state index is 13.5. The van der Waals surface area contributed by atoms with E-state index in [0.717, 1.165) is 4.47 Å². The molecule has 7 nitrogen and oxygen atoms in total. The molecular formula is C24H16BrN5O2. The molecule has 0 unspecified atom stereocenters. The van der Waals surface area contributed by atoms with Crippen LogP contribution in [0, 0.1) is 25.2 Å². The van der Waals surface area contributed by atoms with Crippen LogP contribution in [0.15, 0.2) is 62.6 Å². The number of fused-ring (bicyclic) bond motifs is 3. The lowest BCUT2D eigenvalue weighted by atomic mass is 10.1. The number of benzene rings is 2. The van der Waals surface area contributed by atoms with Crippen molar-refractivity contribution in [2.24, 2.45) is 0 Å². The minimum atomic E-state index is -0.320. The van der Waals surface area contributed by atoms with E-state index in [4.69, 9.17) is 0 Å². The molecule has 0 fully saturated rings. The Labute approximate surface area is 190 Å². The molecule has 156 valence electrons. The van der Waals surface area contributed by atoms with Crippen molar-refractivity contribution >= 4 is 38.7 Å².